The average molecular weight is 397 g/mol. The molecule has 148 valence electrons. The number of nitrogens with zero attached hydrogens (tertiary/aromatic N) is 3. The number of hydrogen-bond donors (Lipinski definition) is 1. The lowest BCUT2D eigenvalue weighted by molar-refractivity contribution is 0.254. The molecule has 1 aliphatic rings. The molecule has 0 spiro atoms. The fraction of sp³-hybridized carbons (Fsp3) is 0.409. The van der Waals surface area contributed by atoms with E-state index in [2.05, 4.69) is 50.4 Å². The largest absolute Gasteiger partial charge is 0.497 e. The zero-order chi connectivity index (χ0) is 19.2. The lowest BCUT2D eigenvalue weighted by atomic mass is 10.2. The van der Waals surface area contributed by atoms with E-state index < -0.39 is 0 Å². The molecule has 0 saturated carbocycles. The minimum atomic E-state index is 0.918. The number of hydrogen-bond acceptors (Lipinski definition) is 6. The molecule has 5 nitrogen and oxygen atoms in total. The highest BCUT2D eigenvalue weighted by Gasteiger charge is 2.16. The fourth-order valence-corrected chi connectivity index (χ4v) is 4.52. The normalized spacial score (nSPS) is 15.1. The molecule has 0 radical (unpaired) electrons. The monoisotopic (exact) mass is 396 g/mol. The van der Waals surface area contributed by atoms with Crippen molar-refractivity contribution in [1.29, 1.82) is 0 Å². The fourth-order valence-electron chi connectivity index (χ4n) is 3.63. The molecule has 6 heteroatoms. The van der Waals surface area contributed by atoms with Crippen LogP contribution in [0.15, 0.2) is 48.5 Å². The molecule has 2 heterocycles. The first kappa shape index (κ1) is 19.0. The summed E-state index contributed by atoms with van der Waals surface area (Å²) in [4.78, 5) is 9.68. The predicted octanol–water partition coefficient (Wildman–Crippen LogP) is 4.32. The second-order valence-corrected chi connectivity index (χ2v) is 8.18. The van der Waals surface area contributed by atoms with Crippen molar-refractivity contribution in [2.75, 3.05) is 56.6 Å². The Balaban J connectivity index is 1.13. The Morgan fingerprint density at radius 3 is 2.54 bits per heavy atom. The van der Waals surface area contributed by atoms with Crippen LogP contribution in [-0.4, -0.2) is 56.3 Å². The van der Waals surface area contributed by atoms with Gasteiger partial charge in [0.25, 0.3) is 0 Å². The van der Waals surface area contributed by atoms with E-state index in [0.29, 0.717) is 0 Å². The molecule has 0 amide bonds. The topological polar surface area (TPSA) is 40.6 Å². The second kappa shape index (κ2) is 9.26. The second-order valence-electron chi connectivity index (χ2n) is 7.15. The lowest BCUT2D eigenvalue weighted by Crippen LogP contribution is -2.46. The molecule has 28 heavy (non-hydrogen) atoms. The zero-order valence-electron chi connectivity index (χ0n) is 16.4. The van der Waals surface area contributed by atoms with E-state index in [1.54, 1.807) is 18.4 Å². The smallest absolute Gasteiger partial charge is 0.183 e. The number of benzene rings is 2. The Kier molecular flexibility index (Phi) is 6.29. The highest BCUT2D eigenvalue weighted by Crippen LogP contribution is 2.25. The van der Waals surface area contributed by atoms with Crippen LogP contribution in [0.3, 0.4) is 0 Å². The maximum atomic E-state index is 5.25. The van der Waals surface area contributed by atoms with Crippen molar-refractivity contribution in [1.82, 2.24) is 9.88 Å². The first-order valence-corrected chi connectivity index (χ1v) is 10.8. The van der Waals surface area contributed by atoms with Crippen molar-refractivity contribution >= 4 is 32.4 Å². The van der Waals surface area contributed by atoms with Gasteiger partial charge in [0, 0.05) is 38.4 Å². The Morgan fingerprint density at radius 2 is 1.79 bits per heavy atom. The van der Waals surface area contributed by atoms with Crippen LogP contribution in [0.25, 0.3) is 10.2 Å². The lowest BCUT2D eigenvalue weighted by Gasteiger charge is -2.36. The van der Waals surface area contributed by atoms with Gasteiger partial charge in [-0.2, -0.15) is 0 Å². The maximum absolute atomic E-state index is 5.25. The van der Waals surface area contributed by atoms with Gasteiger partial charge in [0.05, 0.1) is 17.3 Å². The minimum absolute atomic E-state index is 0.918. The molecule has 0 unspecified atom stereocenters. The van der Waals surface area contributed by atoms with Gasteiger partial charge in [0.15, 0.2) is 5.13 Å². The van der Waals surface area contributed by atoms with Gasteiger partial charge < -0.3 is 15.0 Å². The van der Waals surface area contributed by atoms with E-state index in [-0.39, 0.29) is 0 Å². The van der Waals surface area contributed by atoms with Gasteiger partial charge >= 0.3 is 0 Å². The van der Waals surface area contributed by atoms with Crippen LogP contribution in [0.2, 0.25) is 0 Å². The van der Waals surface area contributed by atoms with Gasteiger partial charge in [-0.15, -0.1) is 0 Å². The maximum Gasteiger partial charge on any atom is 0.183 e. The van der Waals surface area contributed by atoms with E-state index in [4.69, 9.17) is 4.74 Å². The molecule has 0 bridgehead atoms. The molecule has 1 aromatic heterocycles. The standard InChI is InChI=1S/C22H28N4OS/c1-27-19-10-8-18(9-11-19)26-16-14-25(15-17-26)13-5-4-12-23-22-24-20-6-2-3-7-21(20)28-22/h2-3,6-11H,4-5,12-17H2,1H3,(H,23,24). The van der Waals surface area contributed by atoms with E-state index in [9.17, 15) is 0 Å². The van der Waals surface area contributed by atoms with Crippen LogP contribution in [-0.2, 0) is 0 Å². The molecule has 1 saturated heterocycles. The third kappa shape index (κ3) is 4.75. The molecule has 3 aromatic rings. The van der Waals surface area contributed by atoms with Crippen LogP contribution >= 0.6 is 11.3 Å². The Labute approximate surface area is 170 Å². The molecular weight excluding hydrogens is 368 g/mol. The van der Waals surface area contributed by atoms with Gasteiger partial charge in [-0.3, -0.25) is 4.90 Å². The number of unbranched alkanes of at least 4 members (excludes halogenated alkanes) is 1. The molecule has 4 rings (SSSR count). The Morgan fingerprint density at radius 1 is 1.00 bits per heavy atom. The summed E-state index contributed by atoms with van der Waals surface area (Å²) in [5.41, 5.74) is 2.38. The number of ether oxygens (including phenoxy) is 1. The molecular formula is C22H28N4OS. The van der Waals surface area contributed by atoms with Crippen LogP contribution < -0.4 is 15.0 Å². The van der Waals surface area contributed by atoms with Crippen molar-refractivity contribution in [3.63, 3.8) is 0 Å². The first-order valence-electron chi connectivity index (χ1n) is 10.0. The summed E-state index contributed by atoms with van der Waals surface area (Å²) in [6.45, 7) is 6.63. The number of aromatic nitrogens is 1. The zero-order valence-corrected chi connectivity index (χ0v) is 17.3. The van der Waals surface area contributed by atoms with Crippen molar-refractivity contribution in [3.05, 3.63) is 48.5 Å². The van der Waals surface area contributed by atoms with Crippen LogP contribution in [0.4, 0.5) is 10.8 Å². The molecule has 1 N–H and O–H groups in total. The third-order valence-electron chi connectivity index (χ3n) is 5.28. The number of rotatable bonds is 8. The summed E-state index contributed by atoms with van der Waals surface area (Å²) in [5.74, 6) is 0.918. The number of thiazole rings is 1. The number of para-hydroxylation sites is 1. The highest BCUT2D eigenvalue weighted by atomic mass is 32.1. The Hall–Kier alpha value is -2.31. The first-order chi connectivity index (χ1) is 13.8. The molecule has 0 aliphatic carbocycles. The summed E-state index contributed by atoms with van der Waals surface area (Å²) in [6, 6.07) is 16.7. The molecule has 1 aliphatic heterocycles. The number of nitrogens with one attached hydrogen (secondary N) is 1. The van der Waals surface area contributed by atoms with E-state index in [1.165, 1.54) is 29.8 Å². The van der Waals surface area contributed by atoms with Crippen molar-refractivity contribution < 1.29 is 4.74 Å². The molecule has 2 aromatic carbocycles. The van der Waals surface area contributed by atoms with Gasteiger partial charge in [0.1, 0.15) is 5.75 Å². The molecule has 1 fully saturated rings. The summed E-state index contributed by atoms with van der Waals surface area (Å²) in [7, 11) is 1.71. The van der Waals surface area contributed by atoms with Crippen LogP contribution in [0.5, 0.6) is 5.75 Å². The van der Waals surface area contributed by atoms with Crippen molar-refractivity contribution in [2.45, 2.75) is 12.8 Å². The van der Waals surface area contributed by atoms with Gasteiger partial charge in [-0.1, -0.05) is 23.5 Å². The van der Waals surface area contributed by atoms with Crippen LogP contribution in [0.1, 0.15) is 12.8 Å². The number of anilines is 2. The van der Waals surface area contributed by atoms with Gasteiger partial charge in [-0.25, -0.2) is 4.98 Å². The van der Waals surface area contributed by atoms with Crippen molar-refractivity contribution in [3.8, 4) is 5.75 Å². The summed E-state index contributed by atoms with van der Waals surface area (Å²) in [6.07, 6.45) is 2.40. The van der Waals surface area contributed by atoms with Crippen LogP contribution in [0, 0.1) is 0 Å². The minimum Gasteiger partial charge on any atom is -0.497 e. The number of fused-ring (bicyclic) bond motifs is 1. The van der Waals surface area contributed by atoms with Gasteiger partial charge in [-0.05, 0) is 55.8 Å². The van der Waals surface area contributed by atoms with Gasteiger partial charge in [0.2, 0.25) is 0 Å². The quantitative estimate of drug-likeness (QED) is 0.574. The molecule has 0 atom stereocenters. The number of methoxy groups -OCH3 is 1. The Bertz CT molecular complexity index is 839. The predicted molar refractivity (Wildman–Crippen MR) is 119 cm³/mol. The SMILES string of the molecule is COc1ccc(N2CCN(CCCCNc3nc4ccccc4s3)CC2)cc1. The average Bonchev–Trinajstić information content (AvgIpc) is 3.17. The summed E-state index contributed by atoms with van der Waals surface area (Å²) >= 11 is 1.74. The van der Waals surface area contributed by atoms with E-state index >= 15 is 0 Å². The summed E-state index contributed by atoms with van der Waals surface area (Å²) in [5, 5.41) is 4.52. The third-order valence-corrected chi connectivity index (χ3v) is 6.28. The highest BCUT2D eigenvalue weighted by molar-refractivity contribution is 7.22. The van der Waals surface area contributed by atoms with E-state index in [1.807, 2.05) is 18.2 Å². The van der Waals surface area contributed by atoms with Crippen molar-refractivity contribution in [2.24, 2.45) is 0 Å². The summed E-state index contributed by atoms with van der Waals surface area (Å²) < 4.78 is 6.50. The van der Waals surface area contributed by atoms with E-state index in [0.717, 1.165) is 49.1 Å². The number of piperazine rings is 1.